The summed E-state index contributed by atoms with van der Waals surface area (Å²) in [4.78, 5) is 4.45. The summed E-state index contributed by atoms with van der Waals surface area (Å²) in [6.45, 7) is 0.303. The molecule has 0 amide bonds. The third-order valence-corrected chi connectivity index (χ3v) is 3.06. The molecule has 0 radical (unpaired) electrons. The Balaban J connectivity index is 1.81. The topological polar surface area (TPSA) is 85.1 Å². The lowest BCUT2D eigenvalue weighted by molar-refractivity contribution is 0.299. The second kappa shape index (κ2) is 5.54. The van der Waals surface area contributed by atoms with Crippen LogP contribution >= 0.6 is 0 Å². The van der Waals surface area contributed by atoms with Gasteiger partial charge in [0.2, 0.25) is 0 Å². The number of nitrogens with zero attached hydrogens (tertiary/aromatic N) is 3. The molecule has 6 heteroatoms. The zero-order chi connectivity index (χ0) is 14.7. The van der Waals surface area contributed by atoms with Gasteiger partial charge in [0, 0.05) is 12.4 Å². The molecule has 0 saturated heterocycles. The van der Waals surface area contributed by atoms with Gasteiger partial charge in [0.1, 0.15) is 18.0 Å². The average molecular weight is 282 g/mol. The minimum atomic E-state index is 0.0144. The zero-order valence-electron chi connectivity index (χ0n) is 11.2. The Bertz CT molecular complexity index is 762. The molecule has 3 rings (SSSR count). The van der Waals surface area contributed by atoms with Gasteiger partial charge in [0.05, 0.1) is 11.3 Å². The Kier molecular flexibility index (Phi) is 3.42. The maximum atomic E-state index is 8.78. The van der Waals surface area contributed by atoms with E-state index in [1.807, 2.05) is 41.1 Å². The SMILES string of the molecule is N/C(=N\O)c1ccccc1OCc1cn2ccccc2n1. The Morgan fingerprint density at radius 3 is 2.86 bits per heavy atom. The Morgan fingerprint density at radius 2 is 2.05 bits per heavy atom. The maximum Gasteiger partial charge on any atom is 0.173 e. The number of oxime groups is 1. The van der Waals surface area contributed by atoms with E-state index in [0.717, 1.165) is 11.3 Å². The fourth-order valence-corrected chi connectivity index (χ4v) is 2.07. The smallest absolute Gasteiger partial charge is 0.173 e. The molecule has 0 bridgehead atoms. The van der Waals surface area contributed by atoms with Crippen molar-refractivity contribution in [1.29, 1.82) is 0 Å². The highest BCUT2D eigenvalue weighted by Crippen LogP contribution is 2.19. The molecule has 3 N–H and O–H groups in total. The summed E-state index contributed by atoms with van der Waals surface area (Å²) in [7, 11) is 0. The number of hydrogen-bond donors (Lipinski definition) is 2. The van der Waals surface area contributed by atoms with Gasteiger partial charge in [-0.05, 0) is 24.3 Å². The third-order valence-electron chi connectivity index (χ3n) is 3.06. The fraction of sp³-hybridized carbons (Fsp3) is 0.0667. The van der Waals surface area contributed by atoms with Crippen molar-refractivity contribution in [3.63, 3.8) is 0 Å². The first-order valence-electron chi connectivity index (χ1n) is 6.40. The molecule has 0 atom stereocenters. The first-order chi connectivity index (χ1) is 10.3. The molecule has 0 saturated carbocycles. The van der Waals surface area contributed by atoms with Crippen LogP contribution in [0.3, 0.4) is 0 Å². The quantitative estimate of drug-likeness (QED) is 0.332. The maximum absolute atomic E-state index is 8.78. The van der Waals surface area contributed by atoms with Crippen molar-refractivity contribution in [2.45, 2.75) is 6.61 Å². The highest BCUT2D eigenvalue weighted by atomic mass is 16.5. The van der Waals surface area contributed by atoms with Gasteiger partial charge in [-0.25, -0.2) is 4.98 Å². The van der Waals surface area contributed by atoms with Gasteiger partial charge in [-0.3, -0.25) is 0 Å². The van der Waals surface area contributed by atoms with Crippen molar-refractivity contribution in [2.75, 3.05) is 0 Å². The van der Waals surface area contributed by atoms with E-state index in [0.29, 0.717) is 17.9 Å². The lowest BCUT2D eigenvalue weighted by atomic mass is 10.2. The van der Waals surface area contributed by atoms with Crippen LogP contribution in [0.2, 0.25) is 0 Å². The van der Waals surface area contributed by atoms with Crippen LogP contribution in [0.5, 0.6) is 5.75 Å². The molecule has 2 heterocycles. The van der Waals surface area contributed by atoms with Crippen LogP contribution in [0.1, 0.15) is 11.3 Å². The van der Waals surface area contributed by atoms with Gasteiger partial charge in [-0.1, -0.05) is 23.4 Å². The van der Waals surface area contributed by atoms with Gasteiger partial charge < -0.3 is 20.1 Å². The number of rotatable bonds is 4. The number of nitrogens with two attached hydrogens (primary N) is 1. The summed E-state index contributed by atoms with van der Waals surface area (Å²) in [5.41, 5.74) is 7.83. The van der Waals surface area contributed by atoms with Crippen LogP contribution in [0.4, 0.5) is 0 Å². The van der Waals surface area contributed by atoms with Crippen molar-refractivity contribution in [3.8, 4) is 5.75 Å². The summed E-state index contributed by atoms with van der Waals surface area (Å²) < 4.78 is 7.65. The van der Waals surface area contributed by atoms with Gasteiger partial charge >= 0.3 is 0 Å². The molecule has 0 fully saturated rings. The number of pyridine rings is 1. The first-order valence-corrected chi connectivity index (χ1v) is 6.40. The number of imidazole rings is 1. The van der Waals surface area contributed by atoms with E-state index in [-0.39, 0.29) is 5.84 Å². The van der Waals surface area contributed by atoms with Crippen LogP contribution in [0.15, 0.2) is 60.0 Å². The van der Waals surface area contributed by atoms with E-state index in [1.165, 1.54) is 0 Å². The number of benzene rings is 1. The van der Waals surface area contributed by atoms with Crippen LogP contribution in [-0.4, -0.2) is 20.4 Å². The largest absolute Gasteiger partial charge is 0.486 e. The molecule has 2 aromatic heterocycles. The average Bonchev–Trinajstić information content (AvgIpc) is 2.95. The Labute approximate surface area is 121 Å². The van der Waals surface area contributed by atoms with E-state index >= 15 is 0 Å². The molecular weight excluding hydrogens is 268 g/mol. The van der Waals surface area contributed by atoms with Gasteiger partial charge in [0.25, 0.3) is 0 Å². The van der Waals surface area contributed by atoms with E-state index in [4.69, 9.17) is 15.7 Å². The molecule has 3 aromatic rings. The number of para-hydroxylation sites is 1. The van der Waals surface area contributed by atoms with E-state index < -0.39 is 0 Å². The van der Waals surface area contributed by atoms with Gasteiger partial charge in [-0.15, -0.1) is 0 Å². The first kappa shape index (κ1) is 13.0. The minimum absolute atomic E-state index is 0.0144. The summed E-state index contributed by atoms with van der Waals surface area (Å²) in [5, 5.41) is 11.8. The third kappa shape index (κ3) is 2.64. The molecular formula is C15H14N4O2. The second-order valence-corrected chi connectivity index (χ2v) is 4.47. The Morgan fingerprint density at radius 1 is 1.24 bits per heavy atom. The molecule has 106 valence electrons. The van der Waals surface area contributed by atoms with E-state index in [9.17, 15) is 0 Å². The molecule has 0 spiro atoms. The zero-order valence-corrected chi connectivity index (χ0v) is 11.2. The number of ether oxygens (including phenoxy) is 1. The predicted octanol–water partition coefficient (Wildman–Crippen LogP) is 2.01. The standard InChI is InChI=1S/C15H14N4O2/c16-15(18-20)12-5-1-2-6-13(12)21-10-11-9-19-8-4-3-7-14(19)17-11/h1-9,20H,10H2,(H2,16,18). The van der Waals surface area contributed by atoms with Gasteiger partial charge in [0.15, 0.2) is 5.84 Å². The second-order valence-electron chi connectivity index (χ2n) is 4.47. The van der Waals surface area contributed by atoms with E-state index in [1.54, 1.807) is 18.2 Å². The number of amidine groups is 1. The van der Waals surface area contributed by atoms with Crippen LogP contribution in [-0.2, 0) is 6.61 Å². The Hall–Kier alpha value is -3.02. The molecule has 0 unspecified atom stereocenters. The molecule has 0 aliphatic carbocycles. The number of hydrogen-bond acceptors (Lipinski definition) is 4. The monoisotopic (exact) mass is 282 g/mol. The van der Waals surface area contributed by atoms with Crippen LogP contribution in [0.25, 0.3) is 5.65 Å². The van der Waals surface area contributed by atoms with Crippen molar-refractivity contribution in [1.82, 2.24) is 9.38 Å². The lowest BCUT2D eigenvalue weighted by Crippen LogP contribution is -2.14. The highest BCUT2D eigenvalue weighted by molar-refractivity contribution is 5.99. The number of aromatic nitrogens is 2. The summed E-state index contributed by atoms with van der Waals surface area (Å²) in [6.07, 6.45) is 3.83. The van der Waals surface area contributed by atoms with Crippen molar-refractivity contribution < 1.29 is 9.94 Å². The summed E-state index contributed by atoms with van der Waals surface area (Å²) >= 11 is 0. The normalized spacial score (nSPS) is 11.7. The molecule has 21 heavy (non-hydrogen) atoms. The van der Waals surface area contributed by atoms with Crippen molar-refractivity contribution in [2.24, 2.45) is 10.9 Å². The molecule has 0 aliphatic heterocycles. The molecule has 6 nitrogen and oxygen atoms in total. The minimum Gasteiger partial charge on any atom is -0.486 e. The fourth-order valence-electron chi connectivity index (χ4n) is 2.07. The van der Waals surface area contributed by atoms with Crippen molar-refractivity contribution in [3.05, 3.63) is 66.1 Å². The molecule has 1 aromatic carbocycles. The lowest BCUT2D eigenvalue weighted by Gasteiger charge is -2.08. The predicted molar refractivity (Wildman–Crippen MR) is 78.5 cm³/mol. The molecule has 0 aliphatic rings. The number of fused-ring (bicyclic) bond motifs is 1. The highest BCUT2D eigenvalue weighted by Gasteiger charge is 2.08. The van der Waals surface area contributed by atoms with E-state index in [2.05, 4.69) is 10.1 Å². The van der Waals surface area contributed by atoms with Crippen LogP contribution < -0.4 is 10.5 Å². The summed E-state index contributed by atoms with van der Waals surface area (Å²) in [6, 6.07) is 12.9. The summed E-state index contributed by atoms with van der Waals surface area (Å²) in [5.74, 6) is 0.561. The van der Waals surface area contributed by atoms with Gasteiger partial charge in [-0.2, -0.15) is 0 Å². The van der Waals surface area contributed by atoms with Crippen molar-refractivity contribution >= 4 is 11.5 Å². The van der Waals surface area contributed by atoms with Crippen LogP contribution in [0, 0.1) is 0 Å².